The first kappa shape index (κ1) is 14.1. The summed E-state index contributed by atoms with van der Waals surface area (Å²) >= 11 is 0. The lowest BCUT2D eigenvalue weighted by atomic mass is 9.92. The highest BCUT2D eigenvalue weighted by Gasteiger charge is 2.30. The van der Waals surface area contributed by atoms with E-state index in [2.05, 4.69) is 6.92 Å². The van der Waals surface area contributed by atoms with Crippen LogP contribution in [0.15, 0.2) is 22.8 Å². The summed E-state index contributed by atoms with van der Waals surface area (Å²) in [6.07, 6.45) is 3.56. The molecule has 1 amide bonds. The van der Waals surface area contributed by atoms with Crippen LogP contribution in [0.4, 0.5) is 0 Å². The predicted octanol–water partition coefficient (Wildman–Crippen LogP) is 1.90. The molecular formula is C12H19ClN2O2. The van der Waals surface area contributed by atoms with Gasteiger partial charge in [-0.25, -0.2) is 0 Å². The molecular weight excluding hydrogens is 240 g/mol. The van der Waals surface area contributed by atoms with Gasteiger partial charge in [-0.15, -0.1) is 12.4 Å². The van der Waals surface area contributed by atoms with Crippen LogP contribution < -0.4 is 5.73 Å². The molecule has 1 aliphatic rings. The number of likely N-dealkylation sites (tertiary alicyclic amines) is 1. The van der Waals surface area contributed by atoms with Crippen LogP contribution in [0.1, 0.15) is 30.3 Å². The minimum absolute atomic E-state index is 0. The van der Waals surface area contributed by atoms with E-state index in [1.54, 1.807) is 12.1 Å². The molecule has 2 rings (SSSR count). The van der Waals surface area contributed by atoms with Crippen molar-refractivity contribution in [1.82, 2.24) is 4.90 Å². The average Bonchev–Trinajstić information content (AvgIpc) is 2.81. The number of carbonyl (C=O) groups is 1. The molecule has 2 atom stereocenters. The molecule has 0 radical (unpaired) electrons. The first-order valence-corrected chi connectivity index (χ1v) is 5.77. The van der Waals surface area contributed by atoms with Gasteiger partial charge in [0, 0.05) is 19.1 Å². The van der Waals surface area contributed by atoms with Gasteiger partial charge in [0.05, 0.1) is 6.26 Å². The molecule has 0 bridgehead atoms. The molecule has 2 unspecified atom stereocenters. The maximum atomic E-state index is 12.1. The van der Waals surface area contributed by atoms with Crippen molar-refractivity contribution in [2.24, 2.45) is 11.7 Å². The van der Waals surface area contributed by atoms with Crippen molar-refractivity contribution >= 4 is 18.3 Å². The molecule has 1 saturated heterocycles. The van der Waals surface area contributed by atoms with Gasteiger partial charge in [0.25, 0.3) is 5.91 Å². The molecule has 4 nitrogen and oxygen atoms in total. The van der Waals surface area contributed by atoms with Crippen molar-refractivity contribution in [3.8, 4) is 0 Å². The Bertz CT molecular complexity index is 353. The second-order valence-electron chi connectivity index (χ2n) is 4.49. The Balaban J connectivity index is 0.00000144. The van der Waals surface area contributed by atoms with Gasteiger partial charge in [0.1, 0.15) is 0 Å². The largest absolute Gasteiger partial charge is 0.459 e. The standard InChI is InChI=1S/C12H18N2O2.ClH/c1-9-4-5-14(10(7-9)8-13)12(15)11-3-2-6-16-11;/h2-3,6,9-10H,4-5,7-8,13H2,1H3;1H. The van der Waals surface area contributed by atoms with Crippen LogP contribution in [0.5, 0.6) is 0 Å². The smallest absolute Gasteiger partial charge is 0.289 e. The third-order valence-electron chi connectivity index (χ3n) is 3.24. The highest BCUT2D eigenvalue weighted by Crippen LogP contribution is 2.23. The number of piperidine rings is 1. The number of hydrogen-bond acceptors (Lipinski definition) is 3. The number of furan rings is 1. The van der Waals surface area contributed by atoms with E-state index in [4.69, 9.17) is 10.2 Å². The lowest BCUT2D eigenvalue weighted by molar-refractivity contribution is 0.0542. The molecule has 2 N–H and O–H groups in total. The fourth-order valence-electron chi connectivity index (χ4n) is 2.28. The second kappa shape index (κ2) is 6.07. The molecule has 1 aromatic rings. The van der Waals surface area contributed by atoms with Crippen molar-refractivity contribution in [2.75, 3.05) is 13.1 Å². The molecule has 1 aromatic heterocycles. The zero-order valence-electron chi connectivity index (χ0n) is 9.96. The topological polar surface area (TPSA) is 59.5 Å². The number of nitrogens with two attached hydrogens (primary N) is 1. The molecule has 0 aliphatic carbocycles. The maximum absolute atomic E-state index is 12.1. The van der Waals surface area contributed by atoms with Gasteiger partial charge >= 0.3 is 0 Å². The van der Waals surface area contributed by atoms with Crippen LogP contribution in [0, 0.1) is 5.92 Å². The molecule has 1 fully saturated rings. The quantitative estimate of drug-likeness (QED) is 0.881. The number of carbonyl (C=O) groups excluding carboxylic acids is 1. The SMILES string of the molecule is CC1CCN(C(=O)c2ccco2)C(CN)C1.Cl. The van der Waals surface area contributed by atoms with Crippen LogP contribution >= 0.6 is 12.4 Å². The van der Waals surface area contributed by atoms with Gasteiger partial charge < -0.3 is 15.1 Å². The van der Waals surface area contributed by atoms with Crippen molar-refractivity contribution in [2.45, 2.75) is 25.8 Å². The van der Waals surface area contributed by atoms with Gasteiger partial charge in [-0.05, 0) is 30.9 Å². The summed E-state index contributed by atoms with van der Waals surface area (Å²) in [5, 5.41) is 0. The van der Waals surface area contributed by atoms with Crippen LogP contribution in [0.2, 0.25) is 0 Å². The van der Waals surface area contributed by atoms with Crippen molar-refractivity contribution in [3.63, 3.8) is 0 Å². The van der Waals surface area contributed by atoms with E-state index in [1.165, 1.54) is 6.26 Å². The molecule has 17 heavy (non-hydrogen) atoms. The maximum Gasteiger partial charge on any atom is 0.289 e. The highest BCUT2D eigenvalue weighted by molar-refractivity contribution is 5.91. The van der Waals surface area contributed by atoms with Gasteiger partial charge in [-0.3, -0.25) is 4.79 Å². The van der Waals surface area contributed by atoms with Crippen LogP contribution in [0.25, 0.3) is 0 Å². The van der Waals surface area contributed by atoms with Crippen LogP contribution in [-0.4, -0.2) is 29.9 Å². The van der Waals surface area contributed by atoms with Gasteiger partial charge in [0.15, 0.2) is 5.76 Å². The Morgan fingerprint density at radius 3 is 3.00 bits per heavy atom. The predicted molar refractivity (Wildman–Crippen MR) is 68.2 cm³/mol. The zero-order chi connectivity index (χ0) is 11.5. The number of amides is 1. The van der Waals surface area contributed by atoms with Crippen LogP contribution in [-0.2, 0) is 0 Å². The Morgan fingerprint density at radius 2 is 2.41 bits per heavy atom. The first-order valence-electron chi connectivity index (χ1n) is 5.77. The monoisotopic (exact) mass is 258 g/mol. The fraction of sp³-hybridized carbons (Fsp3) is 0.583. The second-order valence-corrected chi connectivity index (χ2v) is 4.49. The third-order valence-corrected chi connectivity index (χ3v) is 3.24. The lowest BCUT2D eigenvalue weighted by Crippen LogP contribution is -2.49. The van der Waals surface area contributed by atoms with Gasteiger partial charge in [-0.2, -0.15) is 0 Å². The molecule has 0 aromatic carbocycles. The third kappa shape index (κ3) is 3.01. The Kier molecular flexibility index (Phi) is 5.02. The summed E-state index contributed by atoms with van der Waals surface area (Å²) in [5.41, 5.74) is 5.72. The minimum Gasteiger partial charge on any atom is -0.459 e. The molecule has 0 saturated carbocycles. The molecule has 96 valence electrons. The van der Waals surface area contributed by atoms with E-state index in [0.29, 0.717) is 18.2 Å². The van der Waals surface area contributed by atoms with E-state index in [0.717, 1.165) is 19.4 Å². The highest BCUT2D eigenvalue weighted by atomic mass is 35.5. The summed E-state index contributed by atoms with van der Waals surface area (Å²) in [6, 6.07) is 3.59. The molecule has 1 aliphatic heterocycles. The van der Waals surface area contributed by atoms with E-state index >= 15 is 0 Å². The summed E-state index contributed by atoms with van der Waals surface area (Å²) in [5.74, 6) is 1.02. The van der Waals surface area contributed by atoms with Crippen LogP contribution in [0.3, 0.4) is 0 Å². The fourth-order valence-corrected chi connectivity index (χ4v) is 2.28. The Hall–Kier alpha value is -1.00. The van der Waals surface area contributed by atoms with E-state index in [-0.39, 0.29) is 24.4 Å². The normalized spacial score (nSPS) is 24.2. The summed E-state index contributed by atoms with van der Waals surface area (Å²) < 4.78 is 5.14. The summed E-state index contributed by atoms with van der Waals surface area (Å²) in [6.45, 7) is 3.51. The Labute approximate surface area is 108 Å². The first-order chi connectivity index (χ1) is 7.72. The summed E-state index contributed by atoms with van der Waals surface area (Å²) in [7, 11) is 0. The molecule has 5 heteroatoms. The molecule has 0 spiro atoms. The Morgan fingerprint density at radius 1 is 1.65 bits per heavy atom. The van der Waals surface area contributed by atoms with E-state index in [1.807, 2.05) is 4.90 Å². The van der Waals surface area contributed by atoms with Gasteiger partial charge in [0.2, 0.25) is 0 Å². The number of rotatable bonds is 2. The summed E-state index contributed by atoms with van der Waals surface area (Å²) in [4.78, 5) is 14.0. The lowest BCUT2D eigenvalue weighted by Gasteiger charge is -2.37. The van der Waals surface area contributed by atoms with Crippen molar-refractivity contribution < 1.29 is 9.21 Å². The number of halogens is 1. The average molecular weight is 259 g/mol. The zero-order valence-corrected chi connectivity index (χ0v) is 10.8. The number of hydrogen-bond donors (Lipinski definition) is 1. The van der Waals surface area contributed by atoms with Gasteiger partial charge in [-0.1, -0.05) is 6.92 Å². The van der Waals surface area contributed by atoms with Crippen molar-refractivity contribution in [3.05, 3.63) is 24.2 Å². The number of nitrogens with zero attached hydrogens (tertiary/aromatic N) is 1. The molecule has 2 heterocycles. The minimum atomic E-state index is -0.0349. The van der Waals surface area contributed by atoms with E-state index < -0.39 is 0 Å². The van der Waals surface area contributed by atoms with E-state index in [9.17, 15) is 4.79 Å². The van der Waals surface area contributed by atoms with Crippen molar-refractivity contribution in [1.29, 1.82) is 0 Å².